The first-order valence-electron chi connectivity index (χ1n) is 30.2. The Morgan fingerprint density at radius 1 is 0.443 bits per heavy atom. The molecule has 0 bridgehead atoms. The second-order valence-electron chi connectivity index (χ2n) is 19.9. The van der Waals surface area contributed by atoms with Gasteiger partial charge >= 0.3 is 23.9 Å². The number of carbonyl (C=O) groups excluding carboxylic acids is 3. The Balaban J connectivity index is 2.76. The molecule has 0 spiro atoms. The van der Waals surface area contributed by atoms with Crippen LogP contribution in [-0.4, -0.2) is 89.2 Å². The molecule has 1 heterocycles. The molecule has 12 nitrogen and oxygen atoms in total. The number of ether oxygens (including phenoxy) is 5. The average Bonchev–Trinajstić information content (AvgIpc) is 3.44. The van der Waals surface area contributed by atoms with Gasteiger partial charge in [0.25, 0.3) is 0 Å². The van der Waals surface area contributed by atoms with E-state index in [1.807, 2.05) is 12.2 Å². The number of rotatable bonds is 49. The molecule has 3 N–H and O–H groups in total. The summed E-state index contributed by atoms with van der Waals surface area (Å²) in [6, 6.07) is 0. The van der Waals surface area contributed by atoms with E-state index in [4.69, 9.17) is 23.7 Å². The number of carboxylic acids is 1. The number of unbranched alkanes of at least 4 members (excludes halogenated alkanes) is 14. The summed E-state index contributed by atoms with van der Waals surface area (Å²) < 4.78 is 28.3. The highest BCUT2D eigenvalue weighted by Crippen LogP contribution is 2.26. The number of aliphatic hydroxyl groups excluding tert-OH is 2. The van der Waals surface area contributed by atoms with E-state index < -0.39 is 67.3 Å². The van der Waals surface area contributed by atoms with Crippen molar-refractivity contribution in [3.63, 3.8) is 0 Å². The molecule has 1 rings (SSSR count). The van der Waals surface area contributed by atoms with Gasteiger partial charge in [-0.2, -0.15) is 0 Å². The quantitative estimate of drug-likeness (QED) is 0.0228. The van der Waals surface area contributed by atoms with Gasteiger partial charge in [-0.3, -0.25) is 14.4 Å². The average molecular weight is 1100 g/mol. The molecule has 12 heteroatoms. The van der Waals surface area contributed by atoms with Crippen LogP contribution in [0.3, 0.4) is 0 Å². The number of aliphatic carboxylic acids is 1. The molecule has 6 unspecified atom stereocenters. The van der Waals surface area contributed by atoms with Gasteiger partial charge in [-0.1, -0.05) is 212 Å². The van der Waals surface area contributed by atoms with Crippen molar-refractivity contribution in [2.45, 2.75) is 250 Å². The third kappa shape index (κ3) is 43.4. The lowest BCUT2D eigenvalue weighted by Crippen LogP contribution is -2.61. The number of hydrogen-bond acceptors (Lipinski definition) is 11. The van der Waals surface area contributed by atoms with Crippen molar-refractivity contribution in [3.05, 3.63) is 134 Å². The number of hydrogen-bond donors (Lipinski definition) is 3. The van der Waals surface area contributed by atoms with Gasteiger partial charge in [-0.25, -0.2) is 4.79 Å². The number of carbonyl (C=O) groups is 4. The van der Waals surface area contributed by atoms with Crippen LogP contribution < -0.4 is 0 Å². The van der Waals surface area contributed by atoms with Crippen molar-refractivity contribution < 1.29 is 58.2 Å². The predicted molar refractivity (Wildman–Crippen MR) is 321 cm³/mol. The third-order valence-electron chi connectivity index (χ3n) is 12.7. The summed E-state index contributed by atoms with van der Waals surface area (Å²) in [5.41, 5.74) is 0. The minimum atomic E-state index is -1.95. The summed E-state index contributed by atoms with van der Waals surface area (Å²) in [5.74, 6) is -3.36. The van der Waals surface area contributed by atoms with Crippen LogP contribution in [0.2, 0.25) is 0 Å². The van der Waals surface area contributed by atoms with Crippen molar-refractivity contribution in [3.8, 4) is 0 Å². The number of carboxylic acid groups (broad SMARTS) is 1. The number of esters is 3. The zero-order chi connectivity index (χ0) is 57.5. The Morgan fingerprint density at radius 3 is 1.30 bits per heavy atom. The fourth-order valence-electron chi connectivity index (χ4n) is 8.17. The summed E-state index contributed by atoms with van der Waals surface area (Å²) in [6.07, 6.45) is 63.1. The molecular weight excluding hydrogens is 997 g/mol. The lowest BCUT2D eigenvalue weighted by molar-refractivity contribution is -0.301. The maximum absolute atomic E-state index is 13.1. The summed E-state index contributed by atoms with van der Waals surface area (Å²) in [5, 5.41) is 31.5. The van der Waals surface area contributed by atoms with Gasteiger partial charge in [0, 0.05) is 12.8 Å². The lowest BCUT2D eigenvalue weighted by atomic mass is 9.98. The summed E-state index contributed by atoms with van der Waals surface area (Å²) in [6.45, 7) is 5.65. The minimum Gasteiger partial charge on any atom is -0.479 e. The molecule has 1 aliphatic rings. The van der Waals surface area contributed by atoms with Gasteiger partial charge in [0.15, 0.2) is 24.6 Å². The predicted octanol–water partition coefficient (Wildman–Crippen LogP) is 15.8. The molecule has 6 atom stereocenters. The molecule has 0 aromatic rings. The first-order valence-corrected chi connectivity index (χ1v) is 30.2. The Bertz CT molecular complexity index is 1880. The summed E-state index contributed by atoms with van der Waals surface area (Å²) in [4.78, 5) is 51.1. The Hall–Kier alpha value is -5.14. The van der Waals surface area contributed by atoms with Crippen LogP contribution in [0.1, 0.15) is 213 Å². The molecule has 0 aliphatic carbocycles. The van der Waals surface area contributed by atoms with Gasteiger partial charge < -0.3 is 39.0 Å². The van der Waals surface area contributed by atoms with Crippen molar-refractivity contribution in [2.75, 3.05) is 13.2 Å². The highest BCUT2D eigenvalue weighted by Gasteiger charge is 2.50. The molecule has 1 aliphatic heterocycles. The van der Waals surface area contributed by atoms with Crippen molar-refractivity contribution in [1.82, 2.24) is 0 Å². The third-order valence-corrected chi connectivity index (χ3v) is 12.7. The monoisotopic (exact) mass is 1100 g/mol. The highest BCUT2D eigenvalue weighted by molar-refractivity contribution is 5.74. The second-order valence-corrected chi connectivity index (χ2v) is 19.9. The first-order chi connectivity index (χ1) is 38.6. The lowest BCUT2D eigenvalue weighted by Gasteiger charge is -2.40. The zero-order valence-corrected chi connectivity index (χ0v) is 48.8. The molecule has 79 heavy (non-hydrogen) atoms. The Kier molecular flexibility index (Phi) is 48.7. The maximum atomic E-state index is 13.1. The van der Waals surface area contributed by atoms with Crippen LogP contribution in [0.25, 0.3) is 0 Å². The topological polar surface area (TPSA) is 175 Å². The number of allylic oxidation sites excluding steroid dienone is 21. The van der Waals surface area contributed by atoms with E-state index in [1.54, 1.807) is 12.2 Å². The molecular formula is C67H104O12. The highest BCUT2D eigenvalue weighted by atomic mass is 16.7. The largest absolute Gasteiger partial charge is 0.479 e. The van der Waals surface area contributed by atoms with E-state index in [1.165, 1.54) is 57.8 Å². The zero-order valence-electron chi connectivity index (χ0n) is 48.8. The smallest absolute Gasteiger partial charge is 0.335 e. The van der Waals surface area contributed by atoms with Gasteiger partial charge in [0.05, 0.1) is 13.0 Å². The Labute approximate surface area is 477 Å². The van der Waals surface area contributed by atoms with E-state index in [2.05, 4.69) is 130 Å². The molecule has 0 aromatic carbocycles. The normalized spacial score (nSPS) is 18.8. The molecule has 0 radical (unpaired) electrons. The van der Waals surface area contributed by atoms with Gasteiger partial charge in [-0.15, -0.1) is 0 Å². The van der Waals surface area contributed by atoms with Gasteiger partial charge in [0.1, 0.15) is 18.8 Å². The molecule has 1 fully saturated rings. The van der Waals surface area contributed by atoms with Crippen LogP contribution in [-0.2, 0) is 42.9 Å². The van der Waals surface area contributed by atoms with Gasteiger partial charge in [0.2, 0.25) is 0 Å². The van der Waals surface area contributed by atoms with Crippen LogP contribution in [0.15, 0.2) is 134 Å². The second kappa shape index (κ2) is 53.5. The number of aliphatic hydroxyl groups is 2. The van der Waals surface area contributed by atoms with Crippen molar-refractivity contribution in [1.29, 1.82) is 0 Å². The summed E-state index contributed by atoms with van der Waals surface area (Å²) >= 11 is 0. The van der Waals surface area contributed by atoms with Gasteiger partial charge in [-0.05, 0) is 116 Å². The van der Waals surface area contributed by atoms with E-state index >= 15 is 0 Å². The van der Waals surface area contributed by atoms with E-state index in [0.29, 0.717) is 19.3 Å². The minimum absolute atomic E-state index is 0.0919. The maximum Gasteiger partial charge on any atom is 0.335 e. The SMILES string of the molecule is CC/C=C\C/C=C\C/C=C\C/C=C\C/C=C\CC(=O)OC1C(OCC(COC(=O)CCCCCCCCCCC/C=C\C/C=C\CCCCC)OC(=O)CCCC/C=C\C/C=C\C/C=C\C/C=C\CC)OC(C(=O)O)C(O)C1O. The fourth-order valence-corrected chi connectivity index (χ4v) is 8.17. The van der Waals surface area contributed by atoms with E-state index in [-0.39, 0.29) is 25.9 Å². The molecule has 444 valence electrons. The standard InChI is InChI=1S/C67H104O12/c1-4-7-10-13-16-19-22-25-28-29-30-31-34-35-38-41-44-47-50-53-59(68)75-56-58(77-60(69)54-51-48-45-42-39-36-32-26-23-20-17-14-11-8-5-2)57-76-67-65(63(72)62(71)64(79-67)66(73)74)78-61(70)55-52-49-46-43-40-37-33-27-24-21-18-15-12-9-6-3/h8-9,11-12,16-21,25-28,32-33,39-40,42-43,49,52,58,62-65,67,71-72H,4-7,10,13-15,22-24,29-31,34-38,41,44-48,50-51,53-57H2,1-3H3,(H,73,74)/b11-8-,12-9-,19-16-,20-17-,21-18-,28-25-,32-26-,33-27-,42-39-,43-40-,52-49-. The fraction of sp³-hybridized carbons (Fsp3) is 0.612. The first kappa shape index (κ1) is 71.9. The molecule has 0 aromatic heterocycles. The molecule has 0 amide bonds. The summed E-state index contributed by atoms with van der Waals surface area (Å²) in [7, 11) is 0. The van der Waals surface area contributed by atoms with Crippen LogP contribution in [0.4, 0.5) is 0 Å². The van der Waals surface area contributed by atoms with Crippen LogP contribution >= 0.6 is 0 Å². The van der Waals surface area contributed by atoms with Crippen molar-refractivity contribution >= 4 is 23.9 Å². The van der Waals surface area contributed by atoms with Crippen LogP contribution in [0.5, 0.6) is 0 Å². The van der Waals surface area contributed by atoms with E-state index in [0.717, 1.165) is 96.3 Å². The molecule has 0 saturated carbocycles. The van der Waals surface area contributed by atoms with Crippen molar-refractivity contribution in [2.24, 2.45) is 0 Å². The van der Waals surface area contributed by atoms with E-state index in [9.17, 15) is 34.5 Å². The Morgan fingerprint density at radius 2 is 0.835 bits per heavy atom. The molecule has 1 saturated heterocycles. The van der Waals surface area contributed by atoms with Crippen LogP contribution in [0, 0.1) is 0 Å².